The van der Waals surface area contributed by atoms with Crippen LogP contribution in [0.1, 0.15) is 54.4 Å². The number of fused-ring (bicyclic) bond motifs is 2. The summed E-state index contributed by atoms with van der Waals surface area (Å²) in [6, 6.07) is 25.2. The Labute approximate surface area is 442 Å². The Morgan fingerprint density at radius 2 is 1.41 bits per heavy atom. The lowest BCUT2D eigenvalue weighted by molar-refractivity contribution is -0.871. The first-order chi connectivity index (χ1) is 34.6. The van der Waals surface area contributed by atoms with Gasteiger partial charge in [-0.1, -0.05) is 53.5 Å². The van der Waals surface area contributed by atoms with Gasteiger partial charge < -0.3 is 51.0 Å². The second-order valence-electron chi connectivity index (χ2n) is 19.6. The minimum absolute atomic E-state index is 0. The van der Waals surface area contributed by atoms with Crippen molar-refractivity contribution < 1.29 is 38.3 Å². The number of hydrogen-bond acceptors (Lipinski definition) is 10. The van der Waals surface area contributed by atoms with Crippen molar-refractivity contribution in [2.24, 2.45) is 38.3 Å². The highest BCUT2D eigenvalue weighted by atomic mass is 35.5. The standard InChI is InChI=1S/C22H22FN3O3.C12H30N2.C10H13N3O2.C8H8Cl2N4O.H2O/c23-17-7-5-15(6-8-17)20(27)16-9-11-25(12-10-16)13-14-26-21(28)18-3-1-2-4-19(18)24-22(26)29;1-13(2,3)11-9-7-8-10-12-14(4,5)6;11-10(12)13-5-7-6-14-8-3-1-2-4-9(8)15-7;9-6-2-1-3-7(10)5(6)4-12-13-8(11)14-15;/h1-8,16H,9-14H2,(H,24,29);7-12H2,1-6H3;1-4,7H,5-6H2,(H4,11,12,13);1-4,15H,(H3,11,13,14);1H2/q;+2;;;/b;;;12-4+;. The van der Waals surface area contributed by atoms with E-state index in [4.69, 9.17) is 55.1 Å². The number of carbonyl (C=O) groups is 1. The van der Waals surface area contributed by atoms with E-state index in [1.54, 1.807) is 47.9 Å². The third kappa shape index (κ3) is 22.0. The second kappa shape index (κ2) is 30.7. The highest BCUT2D eigenvalue weighted by molar-refractivity contribution is 6.38. The number of Topliss-reactive ketones (excluding diaryl/α,β-unsaturated/α-hetero) is 1. The van der Waals surface area contributed by atoms with Crippen molar-refractivity contribution in [3.63, 3.8) is 0 Å². The molecule has 404 valence electrons. The van der Waals surface area contributed by atoms with Gasteiger partial charge in [-0.25, -0.2) is 19.7 Å². The molecule has 3 heterocycles. The van der Waals surface area contributed by atoms with E-state index in [1.165, 1.54) is 73.8 Å². The number of guanidine groups is 2. The molecule has 7 rings (SSSR count). The minimum atomic E-state index is -0.407. The number of benzene rings is 4. The molecular weight excluding hydrogens is 995 g/mol. The number of H-pyrrole nitrogens is 1. The Hall–Kier alpha value is -6.39. The summed E-state index contributed by atoms with van der Waals surface area (Å²) >= 11 is 11.7. The van der Waals surface area contributed by atoms with E-state index in [-0.39, 0.29) is 46.6 Å². The van der Waals surface area contributed by atoms with Crippen LogP contribution in [-0.2, 0) is 6.54 Å². The maximum atomic E-state index is 13.0. The molecule has 2 aliphatic heterocycles. The smallest absolute Gasteiger partial charge is 0.328 e. The first kappa shape index (κ1) is 61.9. The Balaban J connectivity index is 0.000000276. The molecule has 19 nitrogen and oxygen atoms in total. The molecule has 5 aromatic rings. The van der Waals surface area contributed by atoms with Gasteiger partial charge in [0.05, 0.1) is 89.1 Å². The number of para-hydroxylation sites is 3. The lowest BCUT2D eigenvalue weighted by atomic mass is 9.89. The predicted molar refractivity (Wildman–Crippen MR) is 294 cm³/mol. The highest BCUT2D eigenvalue weighted by Gasteiger charge is 2.26. The van der Waals surface area contributed by atoms with Crippen molar-refractivity contribution in [2.45, 2.75) is 51.2 Å². The summed E-state index contributed by atoms with van der Waals surface area (Å²) in [5.74, 6) is 0.954. The Kier molecular flexibility index (Phi) is 25.7. The molecule has 1 saturated heterocycles. The molecule has 74 heavy (non-hydrogen) atoms. The van der Waals surface area contributed by atoms with Gasteiger partial charge in [-0.2, -0.15) is 5.10 Å². The van der Waals surface area contributed by atoms with Gasteiger partial charge in [0.1, 0.15) is 12.4 Å². The van der Waals surface area contributed by atoms with Crippen LogP contribution in [0.3, 0.4) is 0 Å². The number of nitrogens with two attached hydrogens (primary N) is 3. The molecule has 0 radical (unpaired) electrons. The van der Waals surface area contributed by atoms with Gasteiger partial charge in [-0.05, 0) is 112 Å². The number of ketones is 1. The van der Waals surface area contributed by atoms with Crippen LogP contribution in [0.2, 0.25) is 10.0 Å². The minimum Gasteiger partial charge on any atom is -0.486 e. The zero-order valence-electron chi connectivity index (χ0n) is 43.3. The van der Waals surface area contributed by atoms with E-state index < -0.39 is 5.69 Å². The molecule has 4 aromatic carbocycles. The number of piperidine rings is 1. The SMILES string of the molecule is C[N+](C)(C)CCCCCC[N+](C)(C)C.NC(=N/N=C/c1c(Cl)cccc1Cl)NO.NC(N)=NCC1COc2ccccc2O1.O.O=C(c1ccc(F)cc1)C1CCN(CCn2c(=O)[nH]c3ccccc3c2=O)CC1. The van der Waals surface area contributed by atoms with Crippen molar-refractivity contribution in [3.8, 4) is 11.5 Å². The molecule has 0 spiro atoms. The Morgan fingerprint density at radius 3 is 1.99 bits per heavy atom. The van der Waals surface area contributed by atoms with Crippen molar-refractivity contribution in [3.05, 3.63) is 139 Å². The van der Waals surface area contributed by atoms with Gasteiger partial charge in [0, 0.05) is 30.1 Å². The number of aromatic nitrogens is 2. The molecule has 2 aliphatic rings. The summed E-state index contributed by atoms with van der Waals surface area (Å²) in [5.41, 5.74) is 18.1. The predicted octanol–water partition coefficient (Wildman–Crippen LogP) is 5.28. The molecule has 0 saturated carbocycles. The monoisotopic (exact) mass is 1070 g/mol. The number of unbranched alkanes of at least 4 members (excludes halogenated alkanes) is 3. The largest absolute Gasteiger partial charge is 0.486 e. The summed E-state index contributed by atoms with van der Waals surface area (Å²) in [7, 11) is 13.6. The summed E-state index contributed by atoms with van der Waals surface area (Å²) in [4.78, 5) is 46.2. The summed E-state index contributed by atoms with van der Waals surface area (Å²) in [5, 5.41) is 16.7. The number of halogens is 3. The number of hydrogen-bond donors (Lipinski definition) is 6. The number of quaternary nitrogens is 2. The van der Waals surface area contributed by atoms with E-state index in [2.05, 4.69) is 67.4 Å². The van der Waals surface area contributed by atoms with Crippen LogP contribution in [0.4, 0.5) is 4.39 Å². The molecule has 0 bridgehead atoms. The maximum absolute atomic E-state index is 13.0. The third-order valence-corrected chi connectivity index (χ3v) is 12.2. The average molecular weight is 1070 g/mol. The summed E-state index contributed by atoms with van der Waals surface area (Å²) in [6.07, 6.45) is 8.18. The van der Waals surface area contributed by atoms with Crippen LogP contribution in [0.25, 0.3) is 10.9 Å². The van der Waals surface area contributed by atoms with Gasteiger partial charge in [-0.3, -0.25) is 19.4 Å². The number of carbonyl (C=O) groups excluding carboxylic acids is 1. The molecule has 0 amide bonds. The Bertz CT molecular complexity index is 2690. The fourth-order valence-corrected chi connectivity index (χ4v) is 8.10. The van der Waals surface area contributed by atoms with Crippen molar-refractivity contribution >= 4 is 58.0 Å². The number of nitrogens with one attached hydrogen (secondary N) is 2. The zero-order chi connectivity index (χ0) is 53.6. The van der Waals surface area contributed by atoms with Crippen LogP contribution in [0.5, 0.6) is 11.5 Å². The molecule has 22 heteroatoms. The number of nitrogens with zero attached hydrogens (tertiary/aromatic N) is 7. The molecule has 1 atom stereocenters. The second-order valence-corrected chi connectivity index (χ2v) is 20.4. The van der Waals surface area contributed by atoms with Gasteiger partial charge in [0.15, 0.2) is 29.3 Å². The van der Waals surface area contributed by atoms with Crippen LogP contribution in [0.15, 0.2) is 116 Å². The van der Waals surface area contributed by atoms with E-state index in [0.29, 0.717) is 71.2 Å². The number of hydroxylamine groups is 1. The number of rotatable bonds is 16. The molecule has 1 aromatic heterocycles. The van der Waals surface area contributed by atoms with Gasteiger partial charge in [-0.15, -0.1) is 5.10 Å². The third-order valence-electron chi connectivity index (χ3n) is 11.5. The molecular formula is C52H75Cl2FN12O7+2. The lowest BCUT2D eigenvalue weighted by Gasteiger charge is -2.31. The van der Waals surface area contributed by atoms with Crippen molar-refractivity contribution in [2.75, 3.05) is 88.2 Å². The molecule has 1 unspecified atom stereocenters. The van der Waals surface area contributed by atoms with Gasteiger partial charge in [0.2, 0.25) is 5.96 Å². The number of aliphatic imine (C=N–C) groups is 1. The topological polar surface area (TPSA) is 273 Å². The van der Waals surface area contributed by atoms with Gasteiger partial charge in [0.25, 0.3) is 5.56 Å². The highest BCUT2D eigenvalue weighted by Crippen LogP contribution is 2.31. The van der Waals surface area contributed by atoms with Crippen LogP contribution in [0, 0.1) is 11.7 Å². The molecule has 11 N–H and O–H groups in total. The van der Waals surface area contributed by atoms with E-state index in [0.717, 1.165) is 33.6 Å². The van der Waals surface area contributed by atoms with Crippen LogP contribution >= 0.6 is 23.2 Å². The quantitative estimate of drug-likeness (QED) is 0.0185. The zero-order valence-corrected chi connectivity index (χ0v) is 44.8. The fourth-order valence-electron chi connectivity index (χ4n) is 7.60. The summed E-state index contributed by atoms with van der Waals surface area (Å²) < 4.78 is 27.6. The van der Waals surface area contributed by atoms with Crippen molar-refractivity contribution in [1.29, 1.82) is 0 Å². The summed E-state index contributed by atoms with van der Waals surface area (Å²) in [6.45, 7) is 5.81. The molecule has 1 fully saturated rings. The normalized spacial score (nSPS) is 14.8. The average Bonchev–Trinajstić information content (AvgIpc) is 3.35. The van der Waals surface area contributed by atoms with E-state index >= 15 is 0 Å². The van der Waals surface area contributed by atoms with E-state index in [1.807, 2.05) is 24.3 Å². The van der Waals surface area contributed by atoms with Gasteiger partial charge >= 0.3 is 5.69 Å². The first-order valence-corrected chi connectivity index (χ1v) is 24.9. The lowest BCUT2D eigenvalue weighted by Crippen LogP contribution is -2.42. The Morgan fingerprint density at radius 1 is 0.824 bits per heavy atom. The van der Waals surface area contributed by atoms with Crippen LogP contribution in [-0.4, -0.2) is 152 Å². The maximum Gasteiger partial charge on any atom is 0.328 e. The molecule has 0 aliphatic carbocycles. The van der Waals surface area contributed by atoms with E-state index in [9.17, 15) is 18.8 Å². The van der Waals surface area contributed by atoms with Crippen molar-refractivity contribution in [1.82, 2.24) is 19.9 Å². The number of likely N-dealkylation sites (tertiary alicyclic amines) is 1. The van der Waals surface area contributed by atoms with Crippen LogP contribution < -0.4 is 43.4 Å². The number of aromatic amines is 1. The first-order valence-electron chi connectivity index (χ1n) is 24.1. The number of ether oxygens (including phenoxy) is 2. The fraction of sp³-hybridized carbons (Fsp3) is 0.423.